The number of nitrogens with one attached hydrogen (secondary N) is 1. The van der Waals surface area contributed by atoms with Gasteiger partial charge >= 0.3 is 5.97 Å². The van der Waals surface area contributed by atoms with Gasteiger partial charge in [0.1, 0.15) is 6.04 Å². The van der Waals surface area contributed by atoms with E-state index in [9.17, 15) is 4.79 Å². The summed E-state index contributed by atoms with van der Waals surface area (Å²) in [6.07, 6.45) is 1.14. The topological polar surface area (TPSA) is 38.3 Å². The zero-order valence-corrected chi connectivity index (χ0v) is 9.19. The Hall–Kier alpha value is -0.220. The normalized spacial score (nSPS) is 30.1. The molecule has 3 unspecified atom stereocenters. The van der Waals surface area contributed by atoms with E-state index in [1.165, 1.54) is 7.11 Å². The van der Waals surface area contributed by atoms with Crippen molar-refractivity contribution in [3.05, 3.63) is 0 Å². The molecule has 1 aliphatic heterocycles. The van der Waals surface area contributed by atoms with Gasteiger partial charge in [-0.25, -0.2) is 0 Å². The number of carbonyl (C=O) groups excluding carboxylic acids is 1. The largest absolute Gasteiger partial charge is 0.468 e. The first-order valence-corrected chi connectivity index (χ1v) is 5.64. The summed E-state index contributed by atoms with van der Waals surface area (Å²) < 4.78 is 4.64. The molecule has 1 N–H and O–H groups in total. The monoisotopic (exact) mass is 203 g/mol. The van der Waals surface area contributed by atoms with E-state index in [4.69, 9.17) is 0 Å². The zero-order valence-electron chi connectivity index (χ0n) is 8.37. The standard InChI is InChI=1S/C9H17NO2S/c1-6-4-8(5-13-6)10-7(2)9(11)12-3/h6-8,10H,4-5H2,1-3H3. The van der Waals surface area contributed by atoms with Crippen molar-refractivity contribution in [3.8, 4) is 0 Å². The van der Waals surface area contributed by atoms with Crippen LogP contribution < -0.4 is 5.32 Å². The molecule has 0 saturated carbocycles. The predicted octanol–water partition coefficient (Wildman–Crippen LogP) is 1.03. The van der Waals surface area contributed by atoms with E-state index in [2.05, 4.69) is 17.0 Å². The number of thioether (sulfide) groups is 1. The molecule has 76 valence electrons. The molecule has 3 atom stereocenters. The van der Waals surface area contributed by atoms with Crippen molar-refractivity contribution >= 4 is 17.7 Å². The van der Waals surface area contributed by atoms with E-state index < -0.39 is 0 Å². The summed E-state index contributed by atoms with van der Waals surface area (Å²) in [5.41, 5.74) is 0. The van der Waals surface area contributed by atoms with Crippen LogP contribution in [0.25, 0.3) is 0 Å². The molecule has 3 nitrogen and oxygen atoms in total. The molecule has 0 aromatic heterocycles. The molecule has 4 heteroatoms. The average Bonchev–Trinajstić information content (AvgIpc) is 2.49. The molecule has 1 aliphatic rings. The number of esters is 1. The second-order valence-corrected chi connectivity index (χ2v) is 4.96. The van der Waals surface area contributed by atoms with Crippen molar-refractivity contribution in [3.63, 3.8) is 0 Å². The summed E-state index contributed by atoms with van der Waals surface area (Å²) in [7, 11) is 1.42. The van der Waals surface area contributed by atoms with Crippen LogP contribution in [0.2, 0.25) is 0 Å². The van der Waals surface area contributed by atoms with Crippen LogP contribution in [-0.4, -0.2) is 36.2 Å². The summed E-state index contributed by atoms with van der Waals surface area (Å²) in [5, 5.41) is 3.98. The van der Waals surface area contributed by atoms with E-state index in [0.29, 0.717) is 11.3 Å². The summed E-state index contributed by atoms with van der Waals surface area (Å²) in [4.78, 5) is 11.1. The Labute approximate surface area is 83.6 Å². The summed E-state index contributed by atoms with van der Waals surface area (Å²) >= 11 is 1.95. The van der Waals surface area contributed by atoms with Crippen molar-refractivity contribution in [2.24, 2.45) is 0 Å². The molecule has 0 aromatic carbocycles. The summed E-state index contributed by atoms with van der Waals surface area (Å²) in [6.45, 7) is 4.06. The highest BCUT2D eigenvalue weighted by Gasteiger charge is 2.25. The predicted molar refractivity (Wildman–Crippen MR) is 54.9 cm³/mol. The maximum Gasteiger partial charge on any atom is 0.322 e. The van der Waals surface area contributed by atoms with Gasteiger partial charge in [0.15, 0.2) is 0 Å². The number of methoxy groups -OCH3 is 1. The van der Waals surface area contributed by atoms with E-state index in [0.717, 1.165) is 12.2 Å². The highest BCUT2D eigenvalue weighted by molar-refractivity contribution is 8.00. The van der Waals surface area contributed by atoms with Crippen molar-refractivity contribution in [2.75, 3.05) is 12.9 Å². The Bertz CT molecular complexity index is 186. The first-order valence-electron chi connectivity index (χ1n) is 4.59. The maximum absolute atomic E-state index is 11.1. The van der Waals surface area contributed by atoms with Crippen LogP contribution in [0.1, 0.15) is 20.3 Å². The molecule has 13 heavy (non-hydrogen) atoms. The van der Waals surface area contributed by atoms with Gasteiger partial charge in [-0.3, -0.25) is 4.79 Å². The van der Waals surface area contributed by atoms with Crippen molar-refractivity contribution in [1.29, 1.82) is 0 Å². The van der Waals surface area contributed by atoms with Crippen LogP contribution in [0, 0.1) is 0 Å². The SMILES string of the molecule is COC(=O)C(C)NC1CSC(C)C1. The number of ether oxygens (including phenoxy) is 1. The minimum absolute atomic E-state index is 0.176. The van der Waals surface area contributed by atoms with Crippen LogP contribution >= 0.6 is 11.8 Å². The van der Waals surface area contributed by atoms with Gasteiger partial charge in [0.2, 0.25) is 0 Å². The quantitative estimate of drug-likeness (QED) is 0.695. The minimum atomic E-state index is -0.180. The van der Waals surface area contributed by atoms with Gasteiger partial charge in [0.25, 0.3) is 0 Å². The summed E-state index contributed by atoms with van der Waals surface area (Å²) in [5.74, 6) is 0.923. The zero-order chi connectivity index (χ0) is 9.84. The van der Waals surface area contributed by atoms with E-state index in [1.54, 1.807) is 0 Å². The molecule has 1 rings (SSSR count). The molecule has 1 heterocycles. The third-order valence-electron chi connectivity index (χ3n) is 2.24. The van der Waals surface area contributed by atoms with Gasteiger partial charge in [-0.1, -0.05) is 6.92 Å². The lowest BCUT2D eigenvalue weighted by Crippen LogP contribution is -2.42. The van der Waals surface area contributed by atoms with Gasteiger partial charge < -0.3 is 10.1 Å². The second-order valence-electron chi connectivity index (χ2n) is 3.49. The molecular weight excluding hydrogens is 186 g/mol. The highest BCUT2D eigenvalue weighted by atomic mass is 32.2. The van der Waals surface area contributed by atoms with E-state index >= 15 is 0 Å². The fraction of sp³-hybridized carbons (Fsp3) is 0.889. The van der Waals surface area contributed by atoms with Gasteiger partial charge in [-0.05, 0) is 13.3 Å². The third kappa shape index (κ3) is 3.19. The van der Waals surface area contributed by atoms with E-state index in [-0.39, 0.29) is 12.0 Å². The Morgan fingerprint density at radius 1 is 1.69 bits per heavy atom. The lowest BCUT2D eigenvalue weighted by Gasteiger charge is -2.16. The first kappa shape index (κ1) is 10.9. The highest BCUT2D eigenvalue weighted by Crippen LogP contribution is 2.26. The molecule has 0 aliphatic carbocycles. The third-order valence-corrected chi connectivity index (χ3v) is 3.60. The lowest BCUT2D eigenvalue weighted by molar-refractivity contribution is -0.142. The molecule has 0 aromatic rings. The molecule has 0 radical (unpaired) electrons. The summed E-state index contributed by atoms with van der Waals surface area (Å²) in [6, 6.07) is 0.287. The molecule has 0 spiro atoms. The Morgan fingerprint density at radius 2 is 2.38 bits per heavy atom. The maximum atomic E-state index is 11.1. The molecule has 1 saturated heterocycles. The van der Waals surface area contributed by atoms with Gasteiger partial charge in [0, 0.05) is 17.0 Å². The van der Waals surface area contributed by atoms with Crippen molar-refractivity contribution < 1.29 is 9.53 Å². The molecule has 0 bridgehead atoms. The van der Waals surface area contributed by atoms with Crippen LogP contribution in [-0.2, 0) is 9.53 Å². The number of carbonyl (C=O) groups is 1. The minimum Gasteiger partial charge on any atom is -0.468 e. The fourth-order valence-corrected chi connectivity index (χ4v) is 2.69. The second kappa shape index (κ2) is 4.86. The first-order chi connectivity index (χ1) is 6.13. The smallest absolute Gasteiger partial charge is 0.322 e. The molecule has 1 fully saturated rings. The Morgan fingerprint density at radius 3 is 2.85 bits per heavy atom. The van der Waals surface area contributed by atoms with Crippen molar-refractivity contribution in [2.45, 2.75) is 37.6 Å². The Balaban J connectivity index is 2.28. The van der Waals surface area contributed by atoms with E-state index in [1.807, 2.05) is 18.7 Å². The van der Waals surface area contributed by atoms with Crippen LogP contribution in [0.3, 0.4) is 0 Å². The number of hydrogen-bond donors (Lipinski definition) is 1. The molecule has 0 amide bonds. The van der Waals surface area contributed by atoms with Gasteiger partial charge in [-0.2, -0.15) is 11.8 Å². The molecular formula is C9H17NO2S. The fourth-order valence-electron chi connectivity index (χ4n) is 1.53. The lowest BCUT2D eigenvalue weighted by atomic mass is 10.2. The van der Waals surface area contributed by atoms with Gasteiger partial charge in [0.05, 0.1) is 7.11 Å². The van der Waals surface area contributed by atoms with Crippen molar-refractivity contribution in [1.82, 2.24) is 5.32 Å². The van der Waals surface area contributed by atoms with Crippen LogP contribution in [0.15, 0.2) is 0 Å². The van der Waals surface area contributed by atoms with Gasteiger partial charge in [-0.15, -0.1) is 0 Å². The Kier molecular flexibility index (Phi) is 4.06. The average molecular weight is 203 g/mol. The number of hydrogen-bond acceptors (Lipinski definition) is 4. The van der Waals surface area contributed by atoms with Crippen LogP contribution in [0.5, 0.6) is 0 Å². The number of rotatable bonds is 3. The van der Waals surface area contributed by atoms with Crippen LogP contribution in [0.4, 0.5) is 0 Å².